The predicted molar refractivity (Wildman–Crippen MR) is 64.6 cm³/mol. The van der Waals surface area contributed by atoms with Gasteiger partial charge in [0.25, 0.3) is 0 Å². The Morgan fingerprint density at radius 1 is 1.39 bits per heavy atom. The molecule has 0 heterocycles. The minimum Gasteiger partial charge on any atom is -0.477 e. The summed E-state index contributed by atoms with van der Waals surface area (Å²) in [4.78, 5) is 22.1. The third-order valence-electron chi connectivity index (χ3n) is 1.52. The summed E-state index contributed by atoms with van der Waals surface area (Å²) in [6.45, 7) is 4.91. The summed E-state index contributed by atoms with van der Waals surface area (Å²) >= 11 is 0. The third kappa shape index (κ3) is 7.76. The number of aliphatic hydroxyl groups is 1. The van der Waals surface area contributed by atoms with Crippen molar-refractivity contribution in [3.8, 4) is 0 Å². The normalized spacial score (nSPS) is 12.9. The number of amides is 1. The molecule has 0 rings (SSSR count). The number of aliphatic carboxylic acids is 1. The lowest BCUT2D eigenvalue weighted by molar-refractivity contribution is -0.133. The lowest BCUT2D eigenvalue weighted by Gasteiger charge is -2.19. The minimum atomic E-state index is -1.91. The van der Waals surface area contributed by atoms with Gasteiger partial charge in [0.05, 0.1) is 0 Å². The average Bonchev–Trinajstić information content (AvgIpc) is 2.20. The molecule has 0 saturated carbocycles. The first-order chi connectivity index (χ1) is 8.15. The van der Waals surface area contributed by atoms with Crippen molar-refractivity contribution >= 4 is 19.9 Å². The summed E-state index contributed by atoms with van der Waals surface area (Å²) < 4.78 is 15.8. The molecule has 0 aliphatic heterocycles. The monoisotopic (exact) mass is 278 g/mol. The van der Waals surface area contributed by atoms with E-state index in [1.807, 2.05) is 5.32 Å². The van der Waals surface area contributed by atoms with Crippen molar-refractivity contribution in [3.05, 3.63) is 11.8 Å². The van der Waals surface area contributed by atoms with Crippen LogP contribution in [0, 0.1) is 0 Å². The molecule has 0 radical (unpaired) electrons. The number of aliphatic hydroxyl groups excluding tert-OH is 1. The van der Waals surface area contributed by atoms with Gasteiger partial charge < -0.3 is 14.9 Å². The molecule has 0 aliphatic carbocycles. The lowest BCUT2D eigenvalue weighted by Crippen LogP contribution is -2.34. The number of alkyl carbamates (subject to hydrolysis) is 1. The van der Waals surface area contributed by atoms with Gasteiger partial charge in [-0.05, 0) is 26.8 Å². The number of allylic oxidation sites excluding steroid dienone is 1. The maximum Gasteiger partial charge on any atom is 0.412 e. The Balaban J connectivity index is 4.59. The predicted octanol–water partition coefficient (Wildman–Crippen LogP) is 1.26. The van der Waals surface area contributed by atoms with Crippen LogP contribution in [0.1, 0.15) is 20.8 Å². The maximum atomic E-state index is 11.3. The highest BCUT2D eigenvalue weighted by Crippen LogP contribution is 2.18. The molecule has 0 aliphatic rings. The lowest BCUT2D eigenvalue weighted by atomic mass is 10.2. The SMILES string of the molecule is CC(C)(C)OC(=O)NC(=CC[P+](=O)CO)C(=O)O. The average molecular weight is 278 g/mol. The van der Waals surface area contributed by atoms with E-state index in [2.05, 4.69) is 0 Å². The fraction of sp³-hybridized carbons (Fsp3) is 0.600. The molecule has 0 bridgehead atoms. The second-order valence-corrected chi connectivity index (χ2v) is 5.97. The van der Waals surface area contributed by atoms with Gasteiger partial charge in [-0.15, -0.1) is 0 Å². The van der Waals surface area contributed by atoms with E-state index in [1.165, 1.54) is 0 Å². The largest absolute Gasteiger partial charge is 0.477 e. The molecule has 1 unspecified atom stereocenters. The van der Waals surface area contributed by atoms with Gasteiger partial charge in [-0.1, -0.05) is 4.57 Å². The smallest absolute Gasteiger partial charge is 0.412 e. The Morgan fingerprint density at radius 3 is 2.33 bits per heavy atom. The van der Waals surface area contributed by atoms with Crippen LogP contribution in [0.25, 0.3) is 0 Å². The number of hydrogen-bond donors (Lipinski definition) is 3. The molecule has 0 saturated heterocycles. The van der Waals surface area contributed by atoms with E-state index in [-0.39, 0.29) is 6.16 Å². The van der Waals surface area contributed by atoms with Crippen LogP contribution in [0.4, 0.5) is 4.79 Å². The second kappa shape index (κ2) is 7.08. The van der Waals surface area contributed by atoms with E-state index in [0.717, 1.165) is 6.08 Å². The van der Waals surface area contributed by atoms with Gasteiger partial charge in [0, 0.05) is 0 Å². The number of carboxylic acid groups (broad SMARTS) is 1. The van der Waals surface area contributed by atoms with E-state index in [1.54, 1.807) is 20.8 Å². The summed E-state index contributed by atoms with van der Waals surface area (Å²) in [6.07, 6.45) is -0.509. The number of hydrogen-bond acceptors (Lipinski definition) is 5. The molecule has 0 spiro atoms. The molecule has 0 aromatic carbocycles. The van der Waals surface area contributed by atoms with Crippen molar-refractivity contribution in [1.82, 2.24) is 5.32 Å². The molecule has 102 valence electrons. The quantitative estimate of drug-likeness (QED) is 0.515. The van der Waals surface area contributed by atoms with Gasteiger partial charge in [-0.25, -0.2) is 9.59 Å². The van der Waals surface area contributed by atoms with Gasteiger partial charge >= 0.3 is 19.9 Å². The van der Waals surface area contributed by atoms with E-state index in [9.17, 15) is 14.2 Å². The van der Waals surface area contributed by atoms with Crippen LogP contribution in [-0.4, -0.2) is 40.4 Å². The van der Waals surface area contributed by atoms with Crippen LogP contribution in [0.5, 0.6) is 0 Å². The fourth-order valence-electron chi connectivity index (χ4n) is 0.856. The van der Waals surface area contributed by atoms with Gasteiger partial charge in [-0.3, -0.25) is 5.32 Å². The summed E-state index contributed by atoms with van der Waals surface area (Å²) in [7, 11) is -1.91. The van der Waals surface area contributed by atoms with E-state index >= 15 is 0 Å². The molecule has 8 heteroatoms. The maximum absolute atomic E-state index is 11.3. The first-order valence-corrected chi connectivity index (χ1v) is 6.75. The number of nitrogens with one attached hydrogen (secondary N) is 1. The van der Waals surface area contributed by atoms with E-state index in [0.29, 0.717) is 0 Å². The van der Waals surface area contributed by atoms with E-state index < -0.39 is 37.5 Å². The minimum absolute atomic E-state index is 0.136. The number of carboxylic acids is 1. The highest BCUT2D eigenvalue weighted by Gasteiger charge is 2.20. The summed E-state index contributed by atoms with van der Waals surface area (Å²) in [5.74, 6) is -1.37. The van der Waals surface area contributed by atoms with Gasteiger partial charge in [0.1, 0.15) is 11.3 Å². The Hall–Kier alpha value is -1.46. The zero-order valence-electron chi connectivity index (χ0n) is 10.5. The third-order valence-corrected chi connectivity index (χ3v) is 2.43. The Morgan fingerprint density at radius 2 is 1.94 bits per heavy atom. The number of ether oxygens (including phenoxy) is 1. The van der Waals surface area contributed by atoms with Crippen LogP contribution >= 0.6 is 7.80 Å². The number of rotatable bonds is 5. The fourth-order valence-corrected chi connectivity index (χ4v) is 1.36. The van der Waals surface area contributed by atoms with Gasteiger partial charge in [-0.2, -0.15) is 0 Å². The molecule has 7 nitrogen and oxygen atoms in total. The van der Waals surface area contributed by atoms with Crippen LogP contribution in [0.15, 0.2) is 11.8 Å². The molecule has 0 fully saturated rings. The van der Waals surface area contributed by atoms with Crippen LogP contribution < -0.4 is 5.32 Å². The van der Waals surface area contributed by atoms with Gasteiger partial charge in [0.15, 0.2) is 6.16 Å². The number of carbonyl (C=O) groups is 2. The highest BCUT2D eigenvalue weighted by atomic mass is 31.1. The Bertz CT molecular complexity index is 371. The molecule has 0 aromatic heterocycles. The van der Waals surface area contributed by atoms with Crippen LogP contribution in [0.2, 0.25) is 0 Å². The molecule has 1 atom stereocenters. The summed E-state index contributed by atoms with van der Waals surface area (Å²) in [5.41, 5.74) is -1.18. The van der Waals surface area contributed by atoms with Crippen molar-refractivity contribution in [2.45, 2.75) is 26.4 Å². The molecular weight excluding hydrogens is 261 g/mol. The first-order valence-electron chi connectivity index (χ1n) is 5.12. The van der Waals surface area contributed by atoms with Crippen LogP contribution in [-0.2, 0) is 14.1 Å². The van der Waals surface area contributed by atoms with Crippen molar-refractivity contribution < 1.29 is 29.1 Å². The molecule has 18 heavy (non-hydrogen) atoms. The second-order valence-electron chi connectivity index (χ2n) is 4.36. The summed E-state index contributed by atoms with van der Waals surface area (Å²) in [5, 5.41) is 19.4. The van der Waals surface area contributed by atoms with Crippen molar-refractivity contribution in [2.75, 3.05) is 12.5 Å². The highest BCUT2D eigenvalue weighted by molar-refractivity contribution is 7.44. The zero-order chi connectivity index (χ0) is 14.3. The topological polar surface area (TPSA) is 113 Å². The van der Waals surface area contributed by atoms with Crippen LogP contribution in [0.3, 0.4) is 0 Å². The summed E-state index contributed by atoms with van der Waals surface area (Å²) in [6, 6.07) is 0. The molecule has 3 N–H and O–H groups in total. The molecule has 1 amide bonds. The van der Waals surface area contributed by atoms with E-state index in [4.69, 9.17) is 14.9 Å². The molecule has 0 aromatic rings. The van der Waals surface area contributed by atoms with Crippen molar-refractivity contribution in [2.24, 2.45) is 0 Å². The Kier molecular flexibility index (Phi) is 6.51. The van der Waals surface area contributed by atoms with Crippen molar-refractivity contribution in [3.63, 3.8) is 0 Å². The van der Waals surface area contributed by atoms with Gasteiger partial charge in [0.2, 0.25) is 6.35 Å². The number of carbonyl (C=O) groups excluding carboxylic acids is 1. The van der Waals surface area contributed by atoms with Crippen molar-refractivity contribution in [1.29, 1.82) is 0 Å². The standard InChI is InChI=1S/C10H16NO6P/c1-10(2,3)17-9(15)11-7(8(13)14)4-5-18(16)6-12/h4,12H,5-6H2,1-3H3,(H-,11,13,14,15)/p+1. The Labute approximate surface area is 106 Å². The first kappa shape index (κ1) is 16.5. The molecular formula is C10H17NO6P+. The zero-order valence-corrected chi connectivity index (χ0v) is 11.4.